The number of hydrogen-bond acceptors (Lipinski definition) is 4. The van der Waals surface area contributed by atoms with Crippen LogP contribution in [0.2, 0.25) is 0 Å². The van der Waals surface area contributed by atoms with Gasteiger partial charge >= 0.3 is 0 Å². The van der Waals surface area contributed by atoms with Crippen LogP contribution in [0.3, 0.4) is 0 Å². The van der Waals surface area contributed by atoms with Gasteiger partial charge in [-0.3, -0.25) is 9.69 Å². The van der Waals surface area contributed by atoms with Crippen molar-refractivity contribution in [2.75, 3.05) is 26.2 Å². The molecule has 0 atom stereocenters. The smallest absolute Gasteiger partial charge is 0.254 e. The Hall–Kier alpha value is -2.14. The summed E-state index contributed by atoms with van der Waals surface area (Å²) in [5.41, 5.74) is 3.45. The minimum Gasteiger partial charge on any atom is -0.490 e. The van der Waals surface area contributed by atoms with Crippen LogP contribution >= 0.6 is 0 Å². The summed E-state index contributed by atoms with van der Waals surface area (Å²) >= 11 is 0. The second kappa shape index (κ2) is 9.00. The molecule has 1 amide bonds. The van der Waals surface area contributed by atoms with Crippen molar-refractivity contribution in [1.82, 2.24) is 10.3 Å². The fourth-order valence-corrected chi connectivity index (χ4v) is 2.37. The number of carbonyl (C=O) groups is 1. The molecule has 2 rings (SSSR count). The Morgan fingerprint density at radius 1 is 1.36 bits per heavy atom. The number of piperidine rings is 1. The Morgan fingerprint density at radius 3 is 2.95 bits per heavy atom. The van der Waals surface area contributed by atoms with Gasteiger partial charge in [0.05, 0.1) is 12.8 Å². The van der Waals surface area contributed by atoms with Crippen LogP contribution in [0.15, 0.2) is 42.0 Å². The number of hydrazone groups is 1. The summed E-state index contributed by atoms with van der Waals surface area (Å²) in [7, 11) is 0. The first-order valence-electron chi connectivity index (χ1n) is 7.66. The van der Waals surface area contributed by atoms with Crippen LogP contribution in [0.25, 0.3) is 0 Å². The molecule has 1 saturated heterocycles. The molecule has 0 radical (unpaired) electrons. The van der Waals surface area contributed by atoms with E-state index >= 15 is 0 Å². The second-order valence-corrected chi connectivity index (χ2v) is 5.30. The van der Waals surface area contributed by atoms with Gasteiger partial charge in [-0.05, 0) is 43.6 Å². The predicted molar refractivity (Wildman–Crippen MR) is 88.2 cm³/mol. The van der Waals surface area contributed by atoms with Gasteiger partial charge in [-0.25, -0.2) is 5.43 Å². The Bertz CT molecular complexity index is 522. The van der Waals surface area contributed by atoms with Crippen LogP contribution in [-0.4, -0.2) is 43.3 Å². The van der Waals surface area contributed by atoms with E-state index in [1.807, 2.05) is 24.3 Å². The molecule has 0 spiro atoms. The minimum atomic E-state index is -0.0720. The van der Waals surface area contributed by atoms with E-state index in [0.29, 0.717) is 13.2 Å². The lowest BCUT2D eigenvalue weighted by Gasteiger charge is -2.25. The van der Waals surface area contributed by atoms with E-state index in [1.54, 1.807) is 12.3 Å². The number of likely N-dealkylation sites (tertiary alicyclic amines) is 1. The van der Waals surface area contributed by atoms with Gasteiger partial charge in [0.25, 0.3) is 5.91 Å². The van der Waals surface area contributed by atoms with Crippen molar-refractivity contribution in [1.29, 1.82) is 0 Å². The van der Waals surface area contributed by atoms with Crippen molar-refractivity contribution in [2.45, 2.75) is 19.3 Å². The largest absolute Gasteiger partial charge is 0.490 e. The molecule has 1 aromatic carbocycles. The van der Waals surface area contributed by atoms with Crippen molar-refractivity contribution in [3.05, 3.63) is 42.5 Å². The lowest BCUT2D eigenvalue weighted by molar-refractivity contribution is -0.122. The highest BCUT2D eigenvalue weighted by Crippen LogP contribution is 2.12. The third kappa shape index (κ3) is 5.69. The van der Waals surface area contributed by atoms with Crippen LogP contribution in [0, 0.1) is 0 Å². The average molecular weight is 301 g/mol. The highest BCUT2D eigenvalue weighted by Gasteiger charge is 2.12. The summed E-state index contributed by atoms with van der Waals surface area (Å²) in [5, 5.41) is 4.00. The molecular formula is C17H23N3O2. The SMILES string of the molecule is C=CCOc1cccc(/C=N/NC(=O)CN2CCCCC2)c1. The molecule has 0 bridgehead atoms. The van der Waals surface area contributed by atoms with E-state index in [-0.39, 0.29) is 5.91 Å². The molecule has 1 aromatic rings. The van der Waals surface area contributed by atoms with Gasteiger partial charge in [-0.15, -0.1) is 0 Å². The molecule has 0 saturated carbocycles. The molecule has 118 valence electrons. The van der Waals surface area contributed by atoms with Gasteiger partial charge in [-0.2, -0.15) is 5.10 Å². The van der Waals surface area contributed by atoms with Gasteiger partial charge in [0, 0.05) is 0 Å². The predicted octanol–water partition coefficient (Wildman–Crippen LogP) is 2.19. The molecule has 5 nitrogen and oxygen atoms in total. The van der Waals surface area contributed by atoms with Gasteiger partial charge in [-0.1, -0.05) is 31.2 Å². The number of carbonyl (C=O) groups excluding carboxylic acids is 1. The highest BCUT2D eigenvalue weighted by atomic mass is 16.5. The molecule has 1 heterocycles. The van der Waals surface area contributed by atoms with Crippen molar-refractivity contribution in [2.24, 2.45) is 5.10 Å². The van der Waals surface area contributed by atoms with Gasteiger partial charge in [0.1, 0.15) is 12.4 Å². The van der Waals surface area contributed by atoms with E-state index in [0.717, 1.165) is 24.4 Å². The Morgan fingerprint density at radius 2 is 2.18 bits per heavy atom. The molecule has 1 fully saturated rings. The number of rotatable bonds is 7. The number of amides is 1. The third-order valence-corrected chi connectivity index (χ3v) is 3.44. The number of ether oxygens (including phenoxy) is 1. The van der Waals surface area contributed by atoms with E-state index in [4.69, 9.17) is 4.74 Å². The van der Waals surface area contributed by atoms with Crippen LogP contribution in [0.4, 0.5) is 0 Å². The minimum absolute atomic E-state index is 0.0720. The number of benzene rings is 1. The van der Waals surface area contributed by atoms with Gasteiger partial charge in [0.15, 0.2) is 0 Å². The summed E-state index contributed by atoms with van der Waals surface area (Å²) in [6, 6.07) is 7.52. The molecule has 1 aliphatic heterocycles. The van der Waals surface area contributed by atoms with E-state index in [9.17, 15) is 4.79 Å². The van der Waals surface area contributed by atoms with Gasteiger partial charge in [0.2, 0.25) is 0 Å². The average Bonchev–Trinajstić information content (AvgIpc) is 2.54. The van der Waals surface area contributed by atoms with E-state index in [1.165, 1.54) is 19.3 Å². The van der Waals surface area contributed by atoms with Crippen LogP contribution in [0.1, 0.15) is 24.8 Å². The van der Waals surface area contributed by atoms with Crippen molar-refractivity contribution < 1.29 is 9.53 Å². The van der Waals surface area contributed by atoms with Crippen LogP contribution < -0.4 is 10.2 Å². The summed E-state index contributed by atoms with van der Waals surface area (Å²) < 4.78 is 5.45. The molecule has 0 aromatic heterocycles. The molecule has 0 aliphatic carbocycles. The number of nitrogens with one attached hydrogen (secondary N) is 1. The van der Waals surface area contributed by atoms with Crippen LogP contribution in [-0.2, 0) is 4.79 Å². The monoisotopic (exact) mass is 301 g/mol. The zero-order chi connectivity index (χ0) is 15.6. The first kappa shape index (κ1) is 16.2. The molecule has 5 heteroatoms. The quantitative estimate of drug-likeness (QED) is 0.477. The molecule has 1 N–H and O–H groups in total. The summed E-state index contributed by atoms with van der Waals surface area (Å²) in [5.74, 6) is 0.681. The first-order chi connectivity index (χ1) is 10.8. The lowest BCUT2D eigenvalue weighted by Crippen LogP contribution is -2.38. The van der Waals surface area contributed by atoms with E-state index in [2.05, 4.69) is 22.0 Å². The fraction of sp³-hybridized carbons (Fsp3) is 0.412. The van der Waals surface area contributed by atoms with Crippen LogP contribution in [0.5, 0.6) is 5.75 Å². The standard InChI is InChI=1S/C17H23N3O2/c1-2-11-22-16-8-6-7-15(12-16)13-18-19-17(21)14-20-9-4-3-5-10-20/h2,6-8,12-13H,1,3-5,9-11,14H2,(H,19,21)/b18-13+. The summed E-state index contributed by atoms with van der Waals surface area (Å²) in [6.07, 6.45) is 6.93. The first-order valence-corrected chi connectivity index (χ1v) is 7.66. The molecule has 0 unspecified atom stereocenters. The molecule has 22 heavy (non-hydrogen) atoms. The summed E-state index contributed by atoms with van der Waals surface area (Å²) in [6.45, 7) is 6.49. The second-order valence-electron chi connectivity index (χ2n) is 5.30. The number of nitrogens with zero attached hydrogens (tertiary/aromatic N) is 2. The van der Waals surface area contributed by atoms with Crippen molar-refractivity contribution in [3.63, 3.8) is 0 Å². The highest BCUT2D eigenvalue weighted by molar-refractivity contribution is 5.83. The fourth-order valence-electron chi connectivity index (χ4n) is 2.37. The zero-order valence-electron chi connectivity index (χ0n) is 12.8. The summed E-state index contributed by atoms with van der Waals surface area (Å²) in [4.78, 5) is 14.0. The molecule has 1 aliphatic rings. The maximum Gasteiger partial charge on any atom is 0.254 e. The van der Waals surface area contributed by atoms with Gasteiger partial charge < -0.3 is 4.74 Å². The number of hydrogen-bond donors (Lipinski definition) is 1. The topological polar surface area (TPSA) is 53.9 Å². The normalized spacial score (nSPS) is 15.6. The maximum absolute atomic E-state index is 11.8. The zero-order valence-corrected chi connectivity index (χ0v) is 12.8. The van der Waals surface area contributed by atoms with Crippen molar-refractivity contribution >= 4 is 12.1 Å². The maximum atomic E-state index is 11.8. The van der Waals surface area contributed by atoms with E-state index < -0.39 is 0 Å². The van der Waals surface area contributed by atoms with Crippen molar-refractivity contribution in [3.8, 4) is 5.75 Å². The Balaban J connectivity index is 1.78. The lowest BCUT2D eigenvalue weighted by atomic mass is 10.1. The Kier molecular flexibility index (Phi) is 6.64. The third-order valence-electron chi connectivity index (χ3n) is 3.44. The Labute approximate surface area is 131 Å². The molecular weight excluding hydrogens is 278 g/mol.